The Morgan fingerprint density at radius 1 is 1.39 bits per heavy atom. The SMILES string of the molecule is C=C(C)[C@@H]1CCC2=C[C@H](C[C@@](C)(O)Cc3ccc(o3)C1)OC2=O. The molecule has 0 spiro atoms. The molecule has 1 aromatic heterocycles. The van der Waals surface area contributed by atoms with Crippen LogP contribution in [0.1, 0.15) is 44.6 Å². The highest BCUT2D eigenvalue weighted by molar-refractivity contribution is 5.90. The second-order valence-electron chi connectivity index (χ2n) is 7.17. The summed E-state index contributed by atoms with van der Waals surface area (Å²) in [6, 6.07) is 3.90. The fraction of sp³-hybridized carbons (Fsp3) is 0.526. The highest BCUT2D eigenvalue weighted by atomic mass is 16.5. The van der Waals surface area contributed by atoms with Crippen molar-refractivity contribution in [3.05, 3.63) is 47.5 Å². The lowest BCUT2D eigenvalue weighted by Crippen LogP contribution is -2.32. The minimum Gasteiger partial charge on any atom is -0.466 e. The number of esters is 1. The number of rotatable bonds is 1. The second kappa shape index (κ2) is 6.00. The Bertz CT molecular complexity index is 650. The number of hydrogen-bond donors (Lipinski definition) is 1. The molecule has 3 rings (SSSR count). The third-order valence-corrected chi connectivity index (χ3v) is 4.73. The number of carbonyl (C=O) groups is 1. The van der Waals surface area contributed by atoms with Crippen molar-refractivity contribution in [1.82, 2.24) is 0 Å². The summed E-state index contributed by atoms with van der Waals surface area (Å²) in [5.74, 6) is 1.69. The van der Waals surface area contributed by atoms with E-state index >= 15 is 0 Å². The third kappa shape index (κ3) is 3.75. The van der Waals surface area contributed by atoms with Crippen molar-refractivity contribution < 1.29 is 19.1 Å². The van der Waals surface area contributed by atoms with Gasteiger partial charge in [-0.25, -0.2) is 4.79 Å². The van der Waals surface area contributed by atoms with Gasteiger partial charge in [0.05, 0.1) is 5.60 Å². The number of fused-ring (bicyclic) bond motifs is 3. The Hall–Kier alpha value is -1.81. The number of ether oxygens (including phenoxy) is 1. The molecule has 0 saturated heterocycles. The van der Waals surface area contributed by atoms with Crippen LogP contribution in [-0.4, -0.2) is 22.8 Å². The van der Waals surface area contributed by atoms with Crippen LogP contribution in [0.5, 0.6) is 0 Å². The summed E-state index contributed by atoms with van der Waals surface area (Å²) in [7, 11) is 0. The maximum atomic E-state index is 12.0. The molecule has 2 aliphatic heterocycles. The largest absolute Gasteiger partial charge is 0.466 e. The molecule has 23 heavy (non-hydrogen) atoms. The molecule has 4 heteroatoms. The molecule has 4 nitrogen and oxygen atoms in total. The molecule has 124 valence electrons. The highest BCUT2D eigenvalue weighted by Gasteiger charge is 2.33. The molecule has 3 atom stereocenters. The summed E-state index contributed by atoms with van der Waals surface area (Å²) >= 11 is 0. The van der Waals surface area contributed by atoms with Gasteiger partial charge in [-0.2, -0.15) is 0 Å². The molecule has 0 amide bonds. The molecule has 0 unspecified atom stereocenters. The van der Waals surface area contributed by atoms with E-state index in [4.69, 9.17) is 9.15 Å². The highest BCUT2D eigenvalue weighted by Crippen LogP contribution is 2.31. The van der Waals surface area contributed by atoms with Crippen molar-refractivity contribution >= 4 is 5.97 Å². The van der Waals surface area contributed by atoms with Crippen LogP contribution >= 0.6 is 0 Å². The van der Waals surface area contributed by atoms with Crippen LogP contribution in [0.2, 0.25) is 0 Å². The van der Waals surface area contributed by atoms with Gasteiger partial charge < -0.3 is 14.3 Å². The van der Waals surface area contributed by atoms with Gasteiger partial charge >= 0.3 is 5.97 Å². The van der Waals surface area contributed by atoms with Crippen molar-refractivity contribution in [3.8, 4) is 0 Å². The average molecular weight is 316 g/mol. The van der Waals surface area contributed by atoms with Gasteiger partial charge in [-0.1, -0.05) is 12.2 Å². The van der Waals surface area contributed by atoms with E-state index in [0.29, 0.717) is 19.3 Å². The van der Waals surface area contributed by atoms with Crippen LogP contribution in [0, 0.1) is 5.92 Å². The summed E-state index contributed by atoms with van der Waals surface area (Å²) < 4.78 is 11.3. The van der Waals surface area contributed by atoms with Gasteiger partial charge in [0.2, 0.25) is 0 Å². The fourth-order valence-corrected chi connectivity index (χ4v) is 3.43. The lowest BCUT2D eigenvalue weighted by atomic mass is 9.89. The number of allylic oxidation sites excluding steroid dienone is 1. The molecule has 0 fully saturated rings. The molecule has 0 radical (unpaired) electrons. The Kier molecular flexibility index (Phi) is 4.19. The minimum atomic E-state index is -0.978. The molecule has 0 aliphatic carbocycles. The van der Waals surface area contributed by atoms with E-state index in [2.05, 4.69) is 6.58 Å². The first kappa shape index (κ1) is 16.1. The zero-order valence-electron chi connectivity index (χ0n) is 13.8. The predicted octanol–water partition coefficient (Wildman–Crippen LogP) is 3.34. The Labute approximate surface area is 136 Å². The van der Waals surface area contributed by atoms with Crippen LogP contribution in [0.25, 0.3) is 0 Å². The molecule has 1 N–H and O–H groups in total. The molecule has 3 heterocycles. The number of carbonyl (C=O) groups excluding carboxylic acids is 1. The van der Waals surface area contributed by atoms with Gasteiger partial charge in [-0.3, -0.25) is 0 Å². The first-order valence-corrected chi connectivity index (χ1v) is 8.19. The van der Waals surface area contributed by atoms with E-state index in [1.54, 1.807) is 6.92 Å². The normalized spacial score (nSPS) is 31.4. The first-order valence-electron chi connectivity index (χ1n) is 8.19. The summed E-state index contributed by atoms with van der Waals surface area (Å²) in [6.45, 7) is 7.85. The minimum absolute atomic E-state index is 0.249. The second-order valence-corrected chi connectivity index (χ2v) is 7.17. The van der Waals surface area contributed by atoms with Crippen LogP contribution < -0.4 is 0 Å². The fourth-order valence-electron chi connectivity index (χ4n) is 3.43. The van der Waals surface area contributed by atoms with Crippen LogP contribution in [0.15, 0.2) is 40.4 Å². The molecular formula is C19H24O4. The van der Waals surface area contributed by atoms with E-state index in [-0.39, 0.29) is 18.0 Å². The number of furan rings is 1. The molecule has 4 bridgehead atoms. The van der Waals surface area contributed by atoms with Gasteiger partial charge in [0.1, 0.15) is 17.6 Å². The number of hydrogen-bond acceptors (Lipinski definition) is 4. The molecule has 2 aliphatic rings. The summed E-state index contributed by atoms with van der Waals surface area (Å²) in [5.41, 5.74) is 0.831. The lowest BCUT2D eigenvalue weighted by molar-refractivity contribution is -0.141. The van der Waals surface area contributed by atoms with Gasteiger partial charge in [-0.15, -0.1) is 0 Å². The Morgan fingerprint density at radius 2 is 2.13 bits per heavy atom. The van der Waals surface area contributed by atoms with Gasteiger partial charge in [0.15, 0.2) is 0 Å². The lowest BCUT2D eigenvalue weighted by Gasteiger charge is -2.24. The maximum Gasteiger partial charge on any atom is 0.334 e. The van der Waals surface area contributed by atoms with E-state index in [9.17, 15) is 9.90 Å². The van der Waals surface area contributed by atoms with Crippen molar-refractivity contribution in [2.45, 2.75) is 57.7 Å². The van der Waals surface area contributed by atoms with Crippen molar-refractivity contribution in [1.29, 1.82) is 0 Å². The molecule has 1 aromatic rings. The maximum absolute atomic E-state index is 12.0. The van der Waals surface area contributed by atoms with Crippen LogP contribution in [0.3, 0.4) is 0 Å². The zero-order chi connectivity index (χ0) is 16.6. The van der Waals surface area contributed by atoms with Crippen LogP contribution in [-0.2, 0) is 22.4 Å². The smallest absolute Gasteiger partial charge is 0.334 e. The summed E-state index contributed by atoms with van der Waals surface area (Å²) in [4.78, 5) is 12.0. The summed E-state index contributed by atoms with van der Waals surface area (Å²) in [6.07, 6.45) is 4.58. The quantitative estimate of drug-likeness (QED) is 0.637. The van der Waals surface area contributed by atoms with E-state index in [1.807, 2.05) is 25.1 Å². The zero-order valence-corrected chi connectivity index (χ0v) is 13.8. The van der Waals surface area contributed by atoms with Gasteiger partial charge in [0.25, 0.3) is 0 Å². The summed E-state index contributed by atoms with van der Waals surface area (Å²) in [5, 5.41) is 10.6. The third-order valence-electron chi connectivity index (χ3n) is 4.73. The van der Waals surface area contributed by atoms with Crippen LogP contribution in [0.4, 0.5) is 0 Å². The Morgan fingerprint density at radius 3 is 2.87 bits per heavy atom. The first-order chi connectivity index (χ1) is 10.8. The van der Waals surface area contributed by atoms with Crippen molar-refractivity contribution in [3.63, 3.8) is 0 Å². The molecule has 0 saturated carbocycles. The molecular weight excluding hydrogens is 292 g/mol. The topological polar surface area (TPSA) is 59.7 Å². The standard InChI is InChI=1S/C19H24O4/c1-12(2)13-4-5-14-9-17(23-18(14)20)11-19(3,21)10-16-7-6-15(8-13)22-16/h6-7,9,13,17,21H,1,4-5,8,10-11H2,2-3H3/t13-,17-,19+/m1/s1. The number of aliphatic hydroxyl groups is 1. The van der Waals surface area contributed by atoms with E-state index in [0.717, 1.165) is 35.5 Å². The predicted molar refractivity (Wildman–Crippen MR) is 86.9 cm³/mol. The van der Waals surface area contributed by atoms with E-state index < -0.39 is 5.60 Å². The molecule has 0 aromatic carbocycles. The van der Waals surface area contributed by atoms with E-state index in [1.165, 1.54) is 0 Å². The van der Waals surface area contributed by atoms with Gasteiger partial charge in [-0.05, 0) is 50.8 Å². The monoisotopic (exact) mass is 316 g/mol. The van der Waals surface area contributed by atoms with Crippen molar-refractivity contribution in [2.24, 2.45) is 5.92 Å². The average Bonchev–Trinajstić information content (AvgIpc) is 2.99. The Balaban J connectivity index is 1.90. The van der Waals surface area contributed by atoms with Gasteiger partial charge in [0, 0.05) is 24.8 Å². The van der Waals surface area contributed by atoms with Crippen molar-refractivity contribution in [2.75, 3.05) is 0 Å².